The fourth-order valence-corrected chi connectivity index (χ4v) is 14.8. The van der Waals surface area contributed by atoms with Gasteiger partial charge in [-0.1, -0.05) is 177 Å². The van der Waals surface area contributed by atoms with Crippen LogP contribution in [0.25, 0.3) is 0 Å². The molecule has 7 heteroatoms. The number of hydrogen-bond acceptors (Lipinski definition) is 6. The second-order valence-electron chi connectivity index (χ2n) is 23.7. The number of unbranched alkanes of at least 4 members (excludes halogenated alkanes) is 7. The second-order valence-corrected chi connectivity index (χ2v) is 23.7. The lowest BCUT2D eigenvalue weighted by Gasteiger charge is -2.65. The van der Waals surface area contributed by atoms with Crippen LogP contribution in [0.2, 0.25) is 0 Å². The van der Waals surface area contributed by atoms with Crippen molar-refractivity contribution in [3.63, 3.8) is 0 Å². The summed E-state index contributed by atoms with van der Waals surface area (Å²) in [4.78, 5) is 18.4. The number of carbonyl (C=O) groups excluding carboxylic acids is 1. The van der Waals surface area contributed by atoms with Crippen LogP contribution >= 0.6 is 0 Å². The summed E-state index contributed by atoms with van der Waals surface area (Å²) in [6, 6.07) is 32.1. The van der Waals surface area contributed by atoms with Crippen LogP contribution < -0.4 is 0 Å². The molecule has 0 bridgehead atoms. The van der Waals surface area contributed by atoms with E-state index in [-0.39, 0.29) is 29.1 Å². The summed E-state index contributed by atoms with van der Waals surface area (Å²) in [5.74, 6) is 3.40. The third-order valence-electron chi connectivity index (χ3n) is 18.9. The Morgan fingerprint density at radius 2 is 1.21 bits per heavy atom. The van der Waals surface area contributed by atoms with E-state index >= 15 is 0 Å². The monoisotopic (exact) mass is 989 g/mol. The highest BCUT2D eigenvalue weighted by Gasteiger charge is 2.66. The van der Waals surface area contributed by atoms with Gasteiger partial charge in [0.2, 0.25) is 0 Å². The van der Waals surface area contributed by atoms with Crippen LogP contribution in [0.4, 0.5) is 4.79 Å². The van der Waals surface area contributed by atoms with E-state index in [9.17, 15) is 4.79 Å². The van der Waals surface area contributed by atoms with Gasteiger partial charge < -0.3 is 23.8 Å². The van der Waals surface area contributed by atoms with Crippen LogP contribution in [0.1, 0.15) is 187 Å². The second kappa shape index (κ2) is 29.2. The Bertz CT molecular complexity index is 1910. The lowest BCUT2D eigenvalue weighted by molar-refractivity contribution is -0.227. The molecule has 0 heterocycles. The lowest BCUT2D eigenvalue weighted by Crippen LogP contribution is -2.63. The summed E-state index contributed by atoms with van der Waals surface area (Å²) in [6.07, 6.45) is 24.2. The summed E-state index contributed by atoms with van der Waals surface area (Å²) < 4.78 is 27.4. The number of fused-ring (bicyclic) bond motifs is 5. The predicted molar refractivity (Wildman–Crippen MR) is 297 cm³/mol. The minimum Gasteiger partial charge on any atom is -0.445 e. The number of amides is 1. The molecular formula is C65H100N2O5. The van der Waals surface area contributed by atoms with E-state index in [1.807, 2.05) is 35.2 Å². The SMILES string of the molecule is CCCCCCCCN(CCCC(C)[C@H]1CC[C@H]2C3[C@H](OCCCN(Cc4ccccc4)Cc4ccccc4)C[C@@H]4C[C@H](OCCCC)CC[C@]4(C)[C@H]3C[C@H](OCCCC)[C@]12C)C(=O)OCc1ccccc1. The van der Waals surface area contributed by atoms with Gasteiger partial charge in [-0.2, -0.15) is 0 Å². The van der Waals surface area contributed by atoms with Gasteiger partial charge in [-0.05, 0) is 141 Å². The first-order chi connectivity index (χ1) is 35.2. The average molecular weight is 990 g/mol. The molecule has 0 radical (unpaired) electrons. The van der Waals surface area contributed by atoms with Gasteiger partial charge >= 0.3 is 6.09 Å². The lowest BCUT2D eigenvalue weighted by atomic mass is 9.43. The molecule has 4 saturated carbocycles. The van der Waals surface area contributed by atoms with Gasteiger partial charge in [-0.25, -0.2) is 4.79 Å². The molecule has 7 rings (SSSR count). The molecule has 0 aliphatic heterocycles. The van der Waals surface area contributed by atoms with Gasteiger partial charge in [-0.3, -0.25) is 4.90 Å². The third kappa shape index (κ3) is 15.2. The molecule has 4 aliphatic rings. The smallest absolute Gasteiger partial charge is 0.410 e. The molecule has 7 nitrogen and oxygen atoms in total. The minimum absolute atomic E-state index is 0.0779. The molecule has 3 aromatic carbocycles. The maximum absolute atomic E-state index is 13.7. The van der Waals surface area contributed by atoms with Crippen molar-refractivity contribution in [2.75, 3.05) is 39.5 Å². The third-order valence-corrected chi connectivity index (χ3v) is 18.9. The Morgan fingerprint density at radius 3 is 1.88 bits per heavy atom. The van der Waals surface area contributed by atoms with Crippen LogP contribution in [0.5, 0.6) is 0 Å². The van der Waals surface area contributed by atoms with Crippen molar-refractivity contribution < 1.29 is 23.7 Å². The number of hydrogen-bond donors (Lipinski definition) is 0. The van der Waals surface area contributed by atoms with E-state index in [0.29, 0.717) is 48.2 Å². The topological polar surface area (TPSA) is 60.5 Å². The van der Waals surface area contributed by atoms with Gasteiger partial charge in [0, 0.05) is 58.0 Å². The molecule has 3 aromatic rings. The van der Waals surface area contributed by atoms with Crippen LogP contribution in [-0.4, -0.2) is 73.7 Å². The number of ether oxygens (including phenoxy) is 4. The zero-order chi connectivity index (χ0) is 50.6. The van der Waals surface area contributed by atoms with Crippen molar-refractivity contribution in [2.24, 2.45) is 46.3 Å². The molecule has 1 amide bonds. The van der Waals surface area contributed by atoms with E-state index in [4.69, 9.17) is 18.9 Å². The maximum atomic E-state index is 13.7. The molecule has 4 fully saturated rings. The first-order valence-electron chi connectivity index (χ1n) is 29.8. The van der Waals surface area contributed by atoms with E-state index in [1.165, 1.54) is 81.8 Å². The van der Waals surface area contributed by atoms with Crippen molar-refractivity contribution >= 4 is 6.09 Å². The number of nitrogens with zero attached hydrogens (tertiary/aromatic N) is 2. The summed E-state index contributed by atoms with van der Waals surface area (Å²) >= 11 is 0. The van der Waals surface area contributed by atoms with Crippen molar-refractivity contribution in [3.8, 4) is 0 Å². The Labute approximate surface area is 439 Å². The molecule has 0 N–H and O–H groups in total. The Hall–Kier alpha value is -3.23. The fourth-order valence-electron chi connectivity index (χ4n) is 14.8. The van der Waals surface area contributed by atoms with E-state index in [0.717, 1.165) is 116 Å². The summed E-state index contributed by atoms with van der Waals surface area (Å²) in [5.41, 5.74) is 4.12. The zero-order valence-electron chi connectivity index (χ0n) is 46.3. The van der Waals surface area contributed by atoms with Crippen LogP contribution in [0, 0.1) is 46.3 Å². The molecule has 0 aromatic heterocycles. The molecule has 72 heavy (non-hydrogen) atoms. The number of benzene rings is 3. The Kier molecular flexibility index (Phi) is 22.9. The summed E-state index contributed by atoms with van der Waals surface area (Å²) in [6.45, 7) is 22.1. The van der Waals surface area contributed by atoms with Crippen molar-refractivity contribution in [1.29, 1.82) is 0 Å². The first-order valence-corrected chi connectivity index (χ1v) is 29.8. The van der Waals surface area contributed by atoms with Crippen molar-refractivity contribution in [1.82, 2.24) is 9.80 Å². The summed E-state index contributed by atoms with van der Waals surface area (Å²) in [7, 11) is 0. The minimum atomic E-state index is -0.160. The van der Waals surface area contributed by atoms with Crippen LogP contribution in [0.3, 0.4) is 0 Å². The van der Waals surface area contributed by atoms with Crippen LogP contribution in [-0.2, 0) is 38.6 Å². The van der Waals surface area contributed by atoms with Crippen LogP contribution in [0.15, 0.2) is 91.0 Å². The largest absolute Gasteiger partial charge is 0.445 e. The zero-order valence-corrected chi connectivity index (χ0v) is 46.3. The van der Waals surface area contributed by atoms with E-state index in [1.54, 1.807) is 0 Å². The van der Waals surface area contributed by atoms with Gasteiger partial charge in [0.25, 0.3) is 0 Å². The maximum Gasteiger partial charge on any atom is 0.410 e. The van der Waals surface area contributed by atoms with E-state index < -0.39 is 0 Å². The van der Waals surface area contributed by atoms with E-state index in [2.05, 4.69) is 107 Å². The van der Waals surface area contributed by atoms with Crippen molar-refractivity contribution in [3.05, 3.63) is 108 Å². The molecule has 400 valence electrons. The van der Waals surface area contributed by atoms with Gasteiger partial charge in [0.05, 0.1) is 18.3 Å². The standard InChI is InChI=1S/C65H100N2O5/c1-7-10-13-14-15-25-40-67(63(68)72-50-54-33-23-18-24-34-54)41-26-28-51(4)57-35-36-58-62-59(47-61(65(57,58)6)71-43-12-9-3)64(5)38-37-56(69-42-11-8-2)45-55(64)46-60(62)70-44-27-39-66(48-52-29-19-16-20-30-52)49-53-31-21-17-22-32-53/h16-24,29-34,51,55-62H,7-15,25-28,35-50H2,1-6H3/t51?,55-,56+,57+,58-,59-,60+,61-,62?,64-,65+/m0/s1. The molecule has 11 atom stereocenters. The first kappa shape index (κ1) is 56.5. The Balaban J connectivity index is 1.07. The highest BCUT2D eigenvalue weighted by Crippen LogP contribution is 2.69. The summed E-state index contributed by atoms with van der Waals surface area (Å²) in [5, 5.41) is 0. The predicted octanol–water partition coefficient (Wildman–Crippen LogP) is 16.1. The highest BCUT2D eigenvalue weighted by molar-refractivity contribution is 5.67. The number of rotatable bonds is 31. The molecular weight excluding hydrogens is 889 g/mol. The molecule has 2 unspecified atom stereocenters. The normalized spacial score (nSPS) is 28.3. The van der Waals surface area contributed by atoms with Crippen molar-refractivity contribution in [2.45, 2.75) is 208 Å². The molecule has 4 aliphatic carbocycles. The van der Waals surface area contributed by atoms with Gasteiger partial charge in [-0.15, -0.1) is 0 Å². The quantitative estimate of drug-likeness (QED) is 0.0599. The highest BCUT2D eigenvalue weighted by atomic mass is 16.6. The molecule has 0 spiro atoms. The van der Waals surface area contributed by atoms with Gasteiger partial charge in [0.1, 0.15) is 6.61 Å². The average Bonchev–Trinajstić information content (AvgIpc) is 3.76. The Morgan fingerprint density at radius 1 is 0.611 bits per heavy atom. The number of carbonyl (C=O) groups is 1. The fraction of sp³-hybridized carbons (Fsp3) is 0.708. The van der Waals surface area contributed by atoms with Gasteiger partial charge in [0.15, 0.2) is 0 Å². The molecule has 0 saturated heterocycles.